The summed E-state index contributed by atoms with van der Waals surface area (Å²) in [6, 6.07) is 9.16. The fourth-order valence-electron chi connectivity index (χ4n) is 6.76. The maximum absolute atomic E-state index is 13.2. The molecule has 2 atom stereocenters. The summed E-state index contributed by atoms with van der Waals surface area (Å²) in [7, 11) is -10.0. The molecule has 14 nitrogen and oxygen atoms in total. The Balaban J connectivity index is 1.60. The number of benzene rings is 3. The van der Waals surface area contributed by atoms with E-state index in [1.165, 1.54) is 0 Å². The van der Waals surface area contributed by atoms with Crippen LogP contribution in [0.4, 0.5) is 5.69 Å². The van der Waals surface area contributed by atoms with Gasteiger partial charge in [0.25, 0.3) is 26.1 Å². The highest BCUT2D eigenvalue weighted by Gasteiger charge is 2.45. The van der Waals surface area contributed by atoms with Crippen LogP contribution in [0.5, 0.6) is 11.5 Å². The van der Waals surface area contributed by atoms with E-state index in [-0.39, 0.29) is 71.1 Å². The number of hydrogen-bond donors (Lipinski definition) is 5. The number of hydrogen-bond acceptors (Lipinski definition) is 10. The van der Waals surface area contributed by atoms with Crippen LogP contribution < -0.4 is 25.9 Å². The molecule has 0 saturated heterocycles. The van der Waals surface area contributed by atoms with E-state index in [1.54, 1.807) is 36.4 Å². The fourth-order valence-corrected chi connectivity index (χ4v) is 8.36. The Labute approximate surface area is 295 Å². The van der Waals surface area contributed by atoms with Crippen molar-refractivity contribution in [3.63, 3.8) is 0 Å². The van der Waals surface area contributed by atoms with Crippen molar-refractivity contribution in [3.8, 4) is 11.5 Å². The summed E-state index contributed by atoms with van der Waals surface area (Å²) in [6.45, 7) is 11.6. The first-order valence-corrected chi connectivity index (χ1v) is 19.1. The van der Waals surface area contributed by atoms with Gasteiger partial charge in [-0.15, -0.1) is 0 Å². The van der Waals surface area contributed by atoms with Crippen molar-refractivity contribution in [2.45, 2.75) is 80.7 Å². The summed E-state index contributed by atoms with van der Waals surface area (Å²) in [5.41, 5.74) is 1.23. The smallest absolute Gasteiger partial charge is 0.305 e. The lowest BCUT2D eigenvalue weighted by Crippen LogP contribution is -2.33. The lowest BCUT2D eigenvalue weighted by atomic mass is 9.78. The summed E-state index contributed by atoms with van der Waals surface area (Å²) < 4.78 is 85.5. The molecule has 3 aromatic carbocycles. The molecule has 0 spiro atoms. The Morgan fingerprint density at radius 3 is 2.18 bits per heavy atom. The molecule has 3 heterocycles. The Hall–Kier alpha value is -4.35. The number of carboxylic acid groups (broad SMARTS) is 1. The zero-order valence-corrected chi connectivity index (χ0v) is 30.5. The summed E-state index contributed by atoms with van der Waals surface area (Å²) in [4.78, 5) is 27.0. The Bertz CT molecular complexity index is 2350. The van der Waals surface area contributed by atoms with Crippen LogP contribution in [0.1, 0.15) is 80.6 Å². The highest BCUT2D eigenvalue weighted by molar-refractivity contribution is 7.86. The van der Waals surface area contributed by atoms with E-state index in [9.17, 15) is 35.5 Å². The molecule has 0 fully saturated rings. The number of carbonyl (C=O) groups is 2. The average molecular weight is 742 g/mol. The van der Waals surface area contributed by atoms with Crippen molar-refractivity contribution in [3.05, 3.63) is 74.8 Å². The molecule has 2 unspecified atom stereocenters. The first kappa shape index (κ1) is 36.4. The molecule has 0 aromatic heterocycles. The van der Waals surface area contributed by atoms with Crippen LogP contribution in [0.3, 0.4) is 0 Å². The highest BCUT2D eigenvalue weighted by Crippen LogP contribution is 2.52. The number of carboxylic acids is 1. The second-order valence-corrected chi connectivity index (χ2v) is 16.8. The highest BCUT2D eigenvalue weighted by atomic mass is 32.2. The Morgan fingerprint density at radius 1 is 0.922 bits per heavy atom. The quantitative estimate of drug-likeness (QED) is 0.117. The normalized spacial score (nSPS) is 19.5. The minimum absolute atomic E-state index is 0.00189. The number of anilines is 1. The van der Waals surface area contributed by atoms with Crippen LogP contribution >= 0.6 is 0 Å². The average Bonchev–Trinajstić information content (AvgIpc) is 3.38. The largest absolute Gasteiger partial charge is 0.481 e. The van der Waals surface area contributed by atoms with Gasteiger partial charge in [-0.2, -0.15) is 16.8 Å². The zero-order chi connectivity index (χ0) is 37.4. The van der Waals surface area contributed by atoms with Crippen LogP contribution in [-0.4, -0.2) is 74.8 Å². The van der Waals surface area contributed by atoms with Gasteiger partial charge in [-0.25, -0.2) is 0 Å². The van der Waals surface area contributed by atoms with E-state index in [0.717, 1.165) is 0 Å². The van der Waals surface area contributed by atoms with Crippen LogP contribution in [-0.2, 0) is 40.6 Å². The first-order chi connectivity index (χ1) is 23.7. The van der Waals surface area contributed by atoms with E-state index in [2.05, 4.69) is 15.6 Å². The summed E-state index contributed by atoms with van der Waals surface area (Å²) >= 11 is 0. The lowest BCUT2D eigenvalue weighted by molar-refractivity contribution is -0.138. The Morgan fingerprint density at radius 2 is 1.57 bits per heavy atom. The van der Waals surface area contributed by atoms with Gasteiger partial charge >= 0.3 is 5.97 Å². The van der Waals surface area contributed by atoms with E-state index < -0.39 is 58.8 Å². The third-order valence-corrected chi connectivity index (χ3v) is 12.1. The summed E-state index contributed by atoms with van der Waals surface area (Å²) in [6.07, 6.45) is -0.160. The van der Waals surface area contributed by atoms with Gasteiger partial charge in [-0.3, -0.25) is 23.7 Å². The maximum atomic E-state index is 13.2. The first-order valence-electron chi connectivity index (χ1n) is 16.2. The van der Waals surface area contributed by atoms with Crippen LogP contribution in [0.25, 0.3) is 5.57 Å². The molecule has 5 N–H and O–H groups in total. The van der Waals surface area contributed by atoms with Gasteiger partial charge in [0.15, 0.2) is 21.3 Å². The van der Waals surface area contributed by atoms with E-state index in [4.69, 9.17) is 14.6 Å². The standard InChI is InChI=1S/C35H39N3O11S2/c1-17-34(3,4)23-15-21-26(19-7-9-20(10-8-19)33(41)36-12-14-48-13-11-25(39)40)22-16-24-28(38-18(2)35(24,5)6)32(51(45,46)47)30(22)49-29(21)31(27(23)37-17)50(42,43)44/h7-10,15-18,37H,11-14H2,1-6H3,(H,36,41)(H,39,40)(H,42,43,44)(H,45,46,47). The zero-order valence-electron chi connectivity index (χ0n) is 28.8. The molecule has 0 saturated carbocycles. The molecule has 51 heavy (non-hydrogen) atoms. The van der Waals surface area contributed by atoms with Gasteiger partial charge in [-0.1, -0.05) is 39.8 Å². The minimum Gasteiger partial charge on any atom is -0.481 e. The number of nitrogens with zero attached hydrogens (tertiary/aromatic N) is 1. The van der Waals surface area contributed by atoms with Gasteiger partial charge in [0, 0.05) is 45.3 Å². The summed E-state index contributed by atoms with van der Waals surface area (Å²) in [5.74, 6) is -2.12. The van der Waals surface area contributed by atoms with Gasteiger partial charge < -0.3 is 25.2 Å². The van der Waals surface area contributed by atoms with E-state index in [1.807, 2.05) is 41.5 Å². The van der Waals surface area contributed by atoms with Gasteiger partial charge in [0.05, 0.1) is 36.7 Å². The van der Waals surface area contributed by atoms with Crippen LogP contribution in [0.15, 0.2) is 51.2 Å². The van der Waals surface area contributed by atoms with Crippen LogP contribution in [0.2, 0.25) is 0 Å². The molecular weight excluding hydrogens is 703 g/mol. The number of rotatable bonds is 10. The lowest BCUT2D eigenvalue weighted by Gasteiger charge is -2.29. The molecule has 272 valence electrons. The molecule has 0 aliphatic carbocycles. The van der Waals surface area contributed by atoms with Crippen molar-refractivity contribution in [2.75, 3.05) is 25.1 Å². The SMILES string of the molecule is CC1N=c2c(cc3c(c2S(=O)(=O)O)Oc2c(cc4c(c2S(=O)(=O)O)NC(C)C4(C)C)C=3c2ccc(C(=O)NCCOCCC(=O)O)cc2)C1(C)C. The van der Waals surface area contributed by atoms with Crippen molar-refractivity contribution in [1.82, 2.24) is 5.32 Å². The third-order valence-electron chi connectivity index (χ3n) is 10.3. The molecular formula is C35H39N3O11S2. The molecule has 3 aliphatic rings. The van der Waals surface area contributed by atoms with Gasteiger partial charge in [0.2, 0.25) is 0 Å². The molecule has 6 rings (SSSR count). The van der Waals surface area contributed by atoms with E-state index in [0.29, 0.717) is 22.3 Å². The number of amides is 1. The number of aliphatic carboxylic acids is 1. The number of ether oxygens (including phenoxy) is 2. The van der Waals surface area contributed by atoms with Crippen molar-refractivity contribution in [1.29, 1.82) is 0 Å². The predicted molar refractivity (Wildman–Crippen MR) is 185 cm³/mol. The number of fused-ring (bicyclic) bond motifs is 4. The van der Waals surface area contributed by atoms with E-state index >= 15 is 0 Å². The Kier molecular flexibility index (Phi) is 8.86. The number of nitrogens with one attached hydrogen (secondary N) is 2. The molecule has 0 bridgehead atoms. The summed E-state index contributed by atoms with van der Waals surface area (Å²) in [5, 5.41) is 14.8. The third kappa shape index (κ3) is 6.18. The maximum Gasteiger partial charge on any atom is 0.305 e. The number of carbonyl (C=O) groups excluding carboxylic acids is 1. The predicted octanol–water partition coefficient (Wildman–Crippen LogP) is 3.15. The minimum atomic E-state index is -5.03. The molecule has 1 amide bonds. The topological polar surface area (TPSA) is 218 Å². The molecule has 16 heteroatoms. The second-order valence-electron chi connectivity index (χ2n) is 14.1. The van der Waals surface area contributed by atoms with Crippen molar-refractivity contribution in [2.24, 2.45) is 4.99 Å². The fraction of sp³-hybridized carbons (Fsp3) is 0.400. The molecule has 3 aromatic rings. The molecule has 3 aliphatic heterocycles. The van der Waals surface area contributed by atoms with Crippen molar-refractivity contribution >= 4 is 43.4 Å². The van der Waals surface area contributed by atoms with Crippen molar-refractivity contribution < 1.29 is 50.1 Å². The second kappa shape index (κ2) is 12.4. The van der Waals surface area contributed by atoms with Crippen LogP contribution in [0, 0.1) is 0 Å². The monoisotopic (exact) mass is 741 g/mol. The van der Waals surface area contributed by atoms with Gasteiger partial charge in [0.1, 0.15) is 0 Å². The molecule has 0 radical (unpaired) electrons. The van der Waals surface area contributed by atoms with Gasteiger partial charge in [-0.05, 0) is 54.8 Å².